The molecule has 0 radical (unpaired) electrons. The van der Waals surface area contributed by atoms with Gasteiger partial charge in [0.05, 0.1) is 0 Å². The SMILES string of the molecule is CC1(C)CCCN(C(C)(CN)Cc2ccc(F)cc2)C1. The molecule has 0 amide bonds. The molecule has 1 fully saturated rings. The van der Waals surface area contributed by atoms with Crippen LogP contribution >= 0.6 is 0 Å². The monoisotopic (exact) mass is 278 g/mol. The molecule has 0 aliphatic carbocycles. The summed E-state index contributed by atoms with van der Waals surface area (Å²) in [5.41, 5.74) is 7.56. The van der Waals surface area contributed by atoms with Gasteiger partial charge in [-0.1, -0.05) is 26.0 Å². The lowest BCUT2D eigenvalue weighted by Crippen LogP contribution is -2.57. The van der Waals surface area contributed by atoms with Crippen LogP contribution in [0, 0.1) is 11.2 Å². The molecular weight excluding hydrogens is 251 g/mol. The number of benzene rings is 1. The molecule has 112 valence electrons. The second-order valence-electron chi connectivity index (χ2n) is 7.19. The maximum Gasteiger partial charge on any atom is 0.123 e. The molecule has 3 heteroatoms. The molecule has 1 unspecified atom stereocenters. The van der Waals surface area contributed by atoms with Crippen molar-refractivity contribution in [3.8, 4) is 0 Å². The molecule has 1 aliphatic heterocycles. The standard InChI is InChI=1S/C17H27FN2/c1-16(2)9-4-10-20(13-16)17(3,12-19)11-14-5-7-15(18)8-6-14/h5-8H,4,9-13,19H2,1-3H3. The van der Waals surface area contributed by atoms with E-state index in [4.69, 9.17) is 5.73 Å². The Morgan fingerprint density at radius 2 is 1.95 bits per heavy atom. The third-order valence-electron chi connectivity index (χ3n) is 4.60. The van der Waals surface area contributed by atoms with Crippen molar-refractivity contribution in [2.24, 2.45) is 11.1 Å². The van der Waals surface area contributed by atoms with Gasteiger partial charge in [-0.2, -0.15) is 0 Å². The summed E-state index contributed by atoms with van der Waals surface area (Å²) in [6.07, 6.45) is 3.38. The molecule has 1 heterocycles. The van der Waals surface area contributed by atoms with Crippen molar-refractivity contribution < 1.29 is 4.39 Å². The Bertz CT molecular complexity index is 441. The van der Waals surface area contributed by atoms with Crippen molar-refractivity contribution >= 4 is 0 Å². The van der Waals surface area contributed by atoms with E-state index in [1.807, 2.05) is 12.1 Å². The van der Waals surface area contributed by atoms with Gasteiger partial charge in [0, 0.05) is 18.6 Å². The second-order valence-corrected chi connectivity index (χ2v) is 7.19. The molecule has 0 saturated carbocycles. The van der Waals surface area contributed by atoms with Gasteiger partial charge in [-0.05, 0) is 55.8 Å². The van der Waals surface area contributed by atoms with Crippen LogP contribution < -0.4 is 5.73 Å². The van der Waals surface area contributed by atoms with Gasteiger partial charge < -0.3 is 5.73 Å². The molecule has 0 aromatic heterocycles. The molecule has 1 aromatic carbocycles. The molecule has 1 aromatic rings. The summed E-state index contributed by atoms with van der Waals surface area (Å²) in [6, 6.07) is 6.81. The number of halogens is 1. The first-order chi connectivity index (χ1) is 9.35. The molecule has 1 atom stereocenters. The van der Waals surface area contributed by atoms with Crippen LogP contribution in [0.25, 0.3) is 0 Å². The van der Waals surface area contributed by atoms with E-state index in [0.717, 1.165) is 25.1 Å². The third-order valence-corrected chi connectivity index (χ3v) is 4.60. The Morgan fingerprint density at radius 1 is 1.30 bits per heavy atom. The van der Waals surface area contributed by atoms with Crippen molar-refractivity contribution in [2.75, 3.05) is 19.6 Å². The van der Waals surface area contributed by atoms with E-state index in [9.17, 15) is 4.39 Å². The van der Waals surface area contributed by atoms with Crippen LogP contribution in [0.4, 0.5) is 4.39 Å². The minimum atomic E-state index is -0.178. The van der Waals surface area contributed by atoms with E-state index >= 15 is 0 Å². The summed E-state index contributed by atoms with van der Waals surface area (Å²) >= 11 is 0. The molecule has 2 rings (SSSR count). The number of piperidine rings is 1. The van der Waals surface area contributed by atoms with E-state index in [0.29, 0.717) is 12.0 Å². The first-order valence-electron chi connectivity index (χ1n) is 7.54. The van der Waals surface area contributed by atoms with Crippen molar-refractivity contribution in [1.82, 2.24) is 4.90 Å². The molecule has 1 saturated heterocycles. The Morgan fingerprint density at radius 3 is 2.50 bits per heavy atom. The van der Waals surface area contributed by atoms with Crippen molar-refractivity contribution in [2.45, 2.75) is 45.6 Å². The lowest BCUT2D eigenvalue weighted by molar-refractivity contribution is 0.0283. The number of hydrogen-bond donors (Lipinski definition) is 1. The molecule has 0 spiro atoms. The Labute approximate surface area is 122 Å². The maximum atomic E-state index is 13.0. The highest BCUT2D eigenvalue weighted by molar-refractivity contribution is 5.19. The fourth-order valence-corrected chi connectivity index (χ4v) is 3.24. The van der Waals surface area contributed by atoms with Crippen LogP contribution in [-0.4, -0.2) is 30.1 Å². The third kappa shape index (κ3) is 3.58. The zero-order chi connectivity index (χ0) is 14.8. The summed E-state index contributed by atoms with van der Waals surface area (Å²) in [7, 11) is 0. The van der Waals surface area contributed by atoms with Crippen LogP contribution in [0.2, 0.25) is 0 Å². The first kappa shape index (κ1) is 15.5. The largest absolute Gasteiger partial charge is 0.329 e. The van der Waals surface area contributed by atoms with Gasteiger partial charge in [-0.15, -0.1) is 0 Å². The molecular formula is C17H27FN2. The topological polar surface area (TPSA) is 29.3 Å². The summed E-state index contributed by atoms with van der Waals surface area (Å²) in [5, 5.41) is 0. The lowest BCUT2D eigenvalue weighted by atomic mass is 9.80. The van der Waals surface area contributed by atoms with Gasteiger partial charge in [0.15, 0.2) is 0 Å². The van der Waals surface area contributed by atoms with Crippen molar-refractivity contribution in [1.29, 1.82) is 0 Å². The predicted octanol–water partition coefficient (Wildman–Crippen LogP) is 3.21. The summed E-state index contributed by atoms with van der Waals surface area (Å²) < 4.78 is 13.0. The highest BCUT2D eigenvalue weighted by Gasteiger charge is 2.36. The van der Waals surface area contributed by atoms with Crippen LogP contribution in [0.1, 0.15) is 39.2 Å². The molecule has 2 N–H and O–H groups in total. The molecule has 0 bridgehead atoms. The van der Waals surface area contributed by atoms with E-state index in [2.05, 4.69) is 25.7 Å². The smallest absolute Gasteiger partial charge is 0.123 e. The quantitative estimate of drug-likeness (QED) is 0.916. The summed E-state index contributed by atoms with van der Waals surface area (Å²) in [6.45, 7) is 9.71. The Kier molecular flexibility index (Phi) is 4.50. The van der Waals surface area contributed by atoms with Gasteiger partial charge in [0.2, 0.25) is 0 Å². The number of nitrogens with two attached hydrogens (primary N) is 1. The Balaban J connectivity index is 2.13. The number of likely N-dealkylation sites (tertiary alicyclic amines) is 1. The lowest BCUT2D eigenvalue weighted by Gasteiger charge is -2.48. The second kappa shape index (κ2) is 5.82. The Hall–Kier alpha value is -0.930. The van der Waals surface area contributed by atoms with Gasteiger partial charge in [0.1, 0.15) is 5.82 Å². The average Bonchev–Trinajstić information content (AvgIpc) is 2.40. The van der Waals surface area contributed by atoms with Crippen molar-refractivity contribution in [3.05, 3.63) is 35.6 Å². The van der Waals surface area contributed by atoms with E-state index in [1.165, 1.54) is 25.0 Å². The summed E-state index contributed by atoms with van der Waals surface area (Å²) in [5.74, 6) is -0.178. The highest BCUT2D eigenvalue weighted by atomic mass is 19.1. The zero-order valence-corrected chi connectivity index (χ0v) is 13.0. The minimum Gasteiger partial charge on any atom is -0.329 e. The minimum absolute atomic E-state index is 0.0461. The van der Waals surface area contributed by atoms with E-state index < -0.39 is 0 Å². The average molecular weight is 278 g/mol. The van der Waals surface area contributed by atoms with Gasteiger partial charge in [-0.3, -0.25) is 4.90 Å². The van der Waals surface area contributed by atoms with E-state index in [1.54, 1.807) is 0 Å². The van der Waals surface area contributed by atoms with Crippen LogP contribution in [0.5, 0.6) is 0 Å². The van der Waals surface area contributed by atoms with Gasteiger partial charge >= 0.3 is 0 Å². The number of hydrogen-bond acceptors (Lipinski definition) is 2. The fraction of sp³-hybridized carbons (Fsp3) is 0.647. The van der Waals surface area contributed by atoms with Gasteiger partial charge in [-0.25, -0.2) is 4.39 Å². The maximum absolute atomic E-state index is 13.0. The van der Waals surface area contributed by atoms with Crippen LogP contribution in [0.3, 0.4) is 0 Å². The van der Waals surface area contributed by atoms with Gasteiger partial charge in [0.25, 0.3) is 0 Å². The van der Waals surface area contributed by atoms with Crippen LogP contribution in [0.15, 0.2) is 24.3 Å². The normalized spacial score (nSPS) is 22.4. The molecule has 1 aliphatic rings. The van der Waals surface area contributed by atoms with Crippen molar-refractivity contribution in [3.63, 3.8) is 0 Å². The van der Waals surface area contributed by atoms with Crippen LogP contribution in [-0.2, 0) is 6.42 Å². The molecule has 2 nitrogen and oxygen atoms in total. The highest BCUT2D eigenvalue weighted by Crippen LogP contribution is 2.33. The first-order valence-corrected chi connectivity index (χ1v) is 7.54. The number of nitrogens with zero attached hydrogens (tertiary/aromatic N) is 1. The van der Waals surface area contributed by atoms with E-state index in [-0.39, 0.29) is 11.4 Å². The zero-order valence-electron chi connectivity index (χ0n) is 13.0. The molecule has 20 heavy (non-hydrogen) atoms. The summed E-state index contributed by atoms with van der Waals surface area (Å²) in [4.78, 5) is 2.53. The predicted molar refractivity (Wildman–Crippen MR) is 82.2 cm³/mol. The number of rotatable bonds is 4. The fourth-order valence-electron chi connectivity index (χ4n) is 3.24.